The molecule has 0 aliphatic rings. The lowest BCUT2D eigenvalue weighted by Gasteiger charge is -2.09. The van der Waals surface area contributed by atoms with Crippen LogP contribution in [0.5, 0.6) is 5.75 Å². The topological polar surface area (TPSA) is 77.5 Å². The van der Waals surface area contributed by atoms with E-state index in [0.717, 1.165) is 11.1 Å². The molecule has 1 aromatic heterocycles. The minimum absolute atomic E-state index is 0.0839. The minimum Gasteiger partial charge on any atom is -0.483 e. The van der Waals surface area contributed by atoms with Gasteiger partial charge < -0.3 is 9.47 Å². The smallest absolute Gasteiger partial charge is 0.435 e. The lowest BCUT2D eigenvalue weighted by Crippen LogP contribution is -2.20. The normalized spacial score (nSPS) is 11.2. The second-order valence-corrected chi connectivity index (χ2v) is 6.52. The summed E-state index contributed by atoms with van der Waals surface area (Å²) in [6.07, 6.45) is -4.85. The average molecular weight is 402 g/mol. The molecule has 0 saturated heterocycles. The van der Waals surface area contributed by atoms with Crippen molar-refractivity contribution in [2.24, 2.45) is 0 Å². The van der Waals surface area contributed by atoms with E-state index in [1.807, 2.05) is 19.1 Å². The van der Waals surface area contributed by atoms with E-state index in [-0.39, 0.29) is 11.7 Å². The van der Waals surface area contributed by atoms with E-state index in [0.29, 0.717) is 17.1 Å². The fourth-order valence-electron chi connectivity index (χ4n) is 2.06. The summed E-state index contributed by atoms with van der Waals surface area (Å²) in [5, 5.41) is 1.85. The third-order valence-corrected chi connectivity index (χ3v) is 4.26. The molecule has 1 heterocycles. The maximum Gasteiger partial charge on any atom is 0.435 e. The van der Waals surface area contributed by atoms with E-state index in [4.69, 9.17) is 4.74 Å². The third kappa shape index (κ3) is 5.43. The summed E-state index contributed by atoms with van der Waals surface area (Å²) < 4.78 is 49.1. The average Bonchev–Trinajstić information content (AvgIpc) is 3.00. The Morgan fingerprint density at radius 1 is 1.26 bits per heavy atom. The van der Waals surface area contributed by atoms with Gasteiger partial charge in [-0.2, -0.15) is 13.2 Å². The molecule has 0 aliphatic heterocycles. The molecule has 1 amide bonds. The molecule has 146 valence electrons. The number of aryl methyl sites for hydroxylation is 2. The van der Waals surface area contributed by atoms with Crippen LogP contribution in [0.15, 0.2) is 18.2 Å². The van der Waals surface area contributed by atoms with Crippen LogP contribution in [0, 0.1) is 13.8 Å². The minimum atomic E-state index is -4.85. The molecule has 0 fully saturated rings. The quantitative estimate of drug-likeness (QED) is 0.740. The highest BCUT2D eigenvalue weighted by atomic mass is 32.1. The maximum absolute atomic E-state index is 13.1. The molecule has 0 saturated carbocycles. The highest BCUT2D eigenvalue weighted by Crippen LogP contribution is 2.36. The van der Waals surface area contributed by atoms with Crippen molar-refractivity contribution in [2.45, 2.75) is 26.9 Å². The zero-order valence-corrected chi connectivity index (χ0v) is 15.6. The number of hydrogen-bond acceptors (Lipinski definition) is 6. The number of halogens is 3. The predicted molar refractivity (Wildman–Crippen MR) is 93.1 cm³/mol. The van der Waals surface area contributed by atoms with E-state index >= 15 is 0 Å². The van der Waals surface area contributed by atoms with Crippen LogP contribution in [-0.4, -0.2) is 30.1 Å². The Labute approximate surface area is 157 Å². The lowest BCUT2D eigenvalue weighted by molar-refractivity contribution is -0.141. The summed E-state index contributed by atoms with van der Waals surface area (Å²) in [5.41, 5.74) is 0.355. The van der Waals surface area contributed by atoms with Gasteiger partial charge in [-0.1, -0.05) is 23.5 Å². The van der Waals surface area contributed by atoms with E-state index in [1.54, 1.807) is 13.0 Å². The van der Waals surface area contributed by atoms with Crippen LogP contribution in [0.3, 0.4) is 0 Å². The number of rotatable bonds is 6. The number of benzene rings is 1. The third-order valence-electron chi connectivity index (χ3n) is 3.31. The Hall–Kier alpha value is -2.62. The maximum atomic E-state index is 13.1. The summed E-state index contributed by atoms with van der Waals surface area (Å²) in [7, 11) is 0. The lowest BCUT2D eigenvalue weighted by atomic mass is 10.1. The Kier molecular flexibility index (Phi) is 6.42. The summed E-state index contributed by atoms with van der Waals surface area (Å²) in [6.45, 7) is 4.63. The van der Waals surface area contributed by atoms with Crippen LogP contribution in [0.2, 0.25) is 0 Å². The van der Waals surface area contributed by atoms with Crippen molar-refractivity contribution in [3.63, 3.8) is 0 Å². The van der Waals surface area contributed by atoms with Crippen molar-refractivity contribution in [1.29, 1.82) is 0 Å². The van der Waals surface area contributed by atoms with Gasteiger partial charge in [-0.25, -0.2) is 9.78 Å². The number of thiazole rings is 1. The van der Waals surface area contributed by atoms with E-state index in [1.165, 1.54) is 6.92 Å². The van der Waals surface area contributed by atoms with Gasteiger partial charge in [-0.3, -0.25) is 10.1 Å². The number of hydrogen-bond donors (Lipinski definition) is 1. The molecule has 2 aromatic rings. The molecule has 0 bridgehead atoms. The van der Waals surface area contributed by atoms with E-state index < -0.39 is 35.2 Å². The van der Waals surface area contributed by atoms with E-state index in [2.05, 4.69) is 15.0 Å². The summed E-state index contributed by atoms with van der Waals surface area (Å²) >= 11 is 0.397. The number of aromatic nitrogens is 1. The Morgan fingerprint density at radius 2 is 1.96 bits per heavy atom. The SMILES string of the molecule is CCOC(=O)c1sc(NC(=O)COc2cc(C)ccc2C)nc1C(F)(F)F. The summed E-state index contributed by atoms with van der Waals surface area (Å²) in [5.74, 6) is -1.35. The summed E-state index contributed by atoms with van der Waals surface area (Å²) in [4.78, 5) is 26.3. The molecule has 0 atom stereocenters. The van der Waals surface area contributed by atoms with Crippen LogP contribution in [-0.2, 0) is 15.7 Å². The molecule has 0 spiro atoms. The number of nitrogens with one attached hydrogen (secondary N) is 1. The number of alkyl halides is 3. The van der Waals surface area contributed by atoms with Crippen molar-refractivity contribution in [3.8, 4) is 5.75 Å². The molecule has 6 nitrogen and oxygen atoms in total. The number of ether oxygens (including phenoxy) is 2. The molecule has 1 aromatic carbocycles. The van der Waals surface area contributed by atoms with Gasteiger partial charge in [0.25, 0.3) is 5.91 Å². The highest BCUT2D eigenvalue weighted by Gasteiger charge is 2.40. The van der Waals surface area contributed by atoms with Crippen LogP contribution < -0.4 is 10.1 Å². The van der Waals surface area contributed by atoms with Crippen LogP contribution in [0.4, 0.5) is 18.3 Å². The number of anilines is 1. The fraction of sp³-hybridized carbons (Fsp3) is 0.353. The number of carbonyl (C=O) groups is 2. The Bertz CT molecular complexity index is 849. The molecule has 27 heavy (non-hydrogen) atoms. The van der Waals surface area contributed by atoms with Gasteiger partial charge in [0.15, 0.2) is 17.4 Å². The van der Waals surface area contributed by atoms with Gasteiger partial charge >= 0.3 is 12.1 Å². The molecule has 0 unspecified atom stereocenters. The first-order valence-electron chi connectivity index (χ1n) is 7.86. The molecule has 10 heteroatoms. The van der Waals surface area contributed by atoms with Crippen molar-refractivity contribution in [3.05, 3.63) is 39.9 Å². The molecular weight excluding hydrogens is 385 g/mol. The van der Waals surface area contributed by atoms with Crippen molar-refractivity contribution in [1.82, 2.24) is 4.98 Å². The van der Waals surface area contributed by atoms with Crippen molar-refractivity contribution >= 4 is 28.3 Å². The predicted octanol–water partition coefficient (Wildman–Crippen LogP) is 3.97. The van der Waals surface area contributed by atoms with Gasteiger partial charge in [-0.05, 0) is 38.0 Å². The fourth-order valence-corrected chi connectivity index (χ4v) is 2.96. The summed E-state index contributed by atoms with van der Waals surface area (Å²) in [6, 6.07) is 5.45. The second kappa shape index (κ2) is 8.38. The molecule has 0 radical (unpaired) electrons. The number of amides is 1. The molecule has 2 rings (SSSR count). The molecule has 1 N–H and O–H groups in total. The van der Waals surface area contributed by atoms with Crippen LogP contribution >= 0.6 is 11.3 Å². The standard InChI is InChI=1S/C17H17F3N2O4S/c1-4-25-15(24)13-14(17(18,19)20)22-16(27-13)21-12(23)8-26-11-7-9(2)5-6-10(11)3/h5-7H,4,8H2,1-3H3,(H,21,22,23). The van der Waals surface area contributed by atoms with Crippen molar-refractivity contribution in [2.75, 3.05) is 18.5 Å². The number of carbonyl (C=O) groups excluding carboxylic acids is 2. The largest absolute Gasteiger partial charge is 0.483 e. The van der Waals surface area contributed by atoms with Gasteiger partial charge in [0.2, 0.25) is 0 Å². The number of nitrogens with zero attached hydrogens (tertiary/aromatic N) is 1. The van der Waals surface area contributed by atoms with Gasteiger partial charge in [0, 0.05) is 0 Å². The molecular formula is C17H17F3N2O4S. The van der Waals surface area contributed by atoms with Crippen LogP contribution in [0.25, 0.3) is 0 Å². The zero-order chi connectivity index (χ0) is 20.2. The van der Waals surface area contributed by atoms with Gasteiger partial charge in [0.1, 0.15) is 10.6 Å². The second-order valence-electron chi connectivity index (χ2n) is 5.52. The van der Waals surface area contributed by atoms with Crippen LogP contribution in [0.1, 0.15) is 33.4 Å². The molecule has 0 aliphatic carbocycles. The zero-order valence-electron chi connectivity index (χ0n) is 14.8. The van der Waals surface area contributed by atoms with Gasteiger partial charge in [-0.15, -0.1) is 0 Å². The van der Waals surface area contributed by atoms with Crippen molar-refractivity contribution < 1.29 is 32.2 Å². The highest BCUT2D eigenvalue weighted by molar-refractivity contribution is 7.17. The van der Waals surface area contributed by atoms with Gasteiger partial charge in [0.05, 0.1) is 6.61 Å². The number of esters is 1. The monoisotopic (exact) mass is 402 g/mol. The first-order valence-corrected chi connectivity index (χ1v) is 8.68. The first-order chi connectivity index (χ1) is 12.6. The Balaban J connectivity index is 2.11. The Morgan fingerprint density at radius 3 is 2.59 bits per heavy atom. The van der Waals surface area contributed by atoms with E-state index in [9.17, 15) is 22.8 Å². The first kappa shape index (κ1) is 20.7.